The molecule has 1 aromatic carbocycles. The van der Waals surface area contributed by atoms with Crippen LogP contribution in [-0.4, -0.2) is 39.0 Å². The van der Waals surface area contributed by atoms with E-state index in [-0.39, 0.29) is 11.0 Å². The highest BCUT2D eigenvalue weighted by Crippen LogP contribution is 2.24. The second kappa shape index (κ2) is 4.87. The number of nitrogen functional groups attached to an aromatic ring is 1. The fourth-order valence-corrected chi connectivity index (χ4v) is 3.56. The molecule has 2 N–H and O–H groups in total. The van der Waals surface area contributed by atoms with Crippen LogP contribution in [0, 0.1) is 6.92 Å². The van der Waals surface area contributed by atoms with Crippen molar-refractivity contribution in [3.63, 3.8) is 0 Å². The van der Waals surface area contributed by atoms with Crippen LogP contribution in [0.3, 0.4) is 0 Å². The highest BCUT2D eigenvalue weighted by Gasteiger charge is 2.32. The zero-order valence-corrected chi connectivity index (χ0v) is 11.4. The fourth-order valence-electron chi connectivity index (χ4n) is 2.04. The van der Waals surface area contributed by atoms with Gasteiger partial charge in [-0.15, -0.1) is 0 Å². The summed E-state index contributed by atoms with van der Waals surface area (Å²) in [7, 11) is -1.85. The molecule has 1 aromatic rings. The Labute approximate surface area is 108 Å². The average Bonchev–Trinajstić information content (AvgIpc) is 2.81. The number of sulfonamides is 1. The molecule has 1 heterocycles. The van der Waals surface area contributed by atoms with Crippen molar-refractivity contribution < 1.29 is 13.2 Å². The molecule has 18 heavy (non-hydrogen) atoms. The largest absolute Gasteiger partial charge is 0.398 e. The first-order valence-corrected chi connectivity index (χ1v) is 7.28. The maximum absolute atomic E-state index is 12.4. The zero-order valence-electron chi connectivity index (χ0n) is 10.6. The highest BCUT2D eigenvalue weighted by molar-refractivity contribution is 7.89. The van der Waals surface area contributed by atoms with Gasteiger partial charge in [-0.1, -0.05) is 6.07 Å². The lowest BCUT2D eigenvalue weighted by molar-refractivity contribution is 0.115. The van der Waals surface area contributed by atoms with E-state index in [1.165, 1.54) is 10.4 Å². The summed E-state index contributed by atoms with van der Waals surface area (Å²) in [5, 5.41) is 0. The van der Waals surface area contributed by atoms with Crippen LogP contribution in [0.5, 0.6) is 0 Å². The molecule has 2 rings (SSSR count). The number of methoxy groups -OCH3 is 1. The van der Waals surface area contributed by atoms with Gasteiger partial charge in [0.05, 0.1) is 11.0 Å². The number of rotatable bonds is 3. The van der Waals surface area contributed by atoms with Gasteiger partial charge in [0.2, 0.25) is 10.0 Å². The third-order valence-electron chi connectivity index (χ3n) is 3.33. The van der Waals surface area contributed by atoms with Crippen LogP contribution in [0.4, 0.5) is 5.69 Å². The molecule has 100 valence electrons. The van der Waals surface area contributed by atoms with Crippen molar-refractivity contribution in [2.24, 2.45) is 0 Å². The molecule has 1 saturated heterocycles. The molecule has 1 fully saturated rings. The third kappa shape index (κ3) is 2.36. The predicted molar refractivity (Wildman–Crippen MR) is 69.8 cm³/mol. The molecule has 0 saturated carbocycles. The number of hydrogen-bond donors (Lipinski definition) is 1. The van der Waals surface area contributed by atoms with Crippen molar-refractivity contribution in [1.29, 1.82) is 0 Å². The molecule has 0 bridgehead atoms. The van der Waals surface area contributed by atoms with Crippen molar-refractivity contribution in [2.75, 3.05) is 25.9 Å². The Bertz CT molecular complexity index is 542. The monoisotopic (exact) mass is 270 g/mol. The van der Waals surface area contributed by atoms with Gasteiger partial charge in [0.1, 0.15) is 0 Å². The van der Waals surface area contributed by atoms with Gasteiger partial charge in [0.25, 0.3) is 0 Å². The molecule has 6 heteroatoms. The van der Waals surface area contributed by atoms with Crippen LogP contribution in [0.1, 0.15) is 12.0 Å². The third-order valence-corrected chi connectivity index (χ3v) is 5.19. The summed E-state index contributed by atoms with van der Waals surface area (Å²) in [4.78, 5) is 0.252. The van der Waals surface area contributed by atoms with E-state index in [0.29, 0.717) is 18.8 Å². The van der Waals surface area contributed by atoms with E-state index in [1.54, 1.807) is 19.2 Å². The molecule has 0 spiro atoms. The number of hydrogen-bond acceptors (Lipinski definition) is 4. The summed E-state index contributed by atoms with van der Waals surface area (Å²) in [6, 6.07) is 4.85. The van der Waals surface area contributed by atoms with Crippen molar-refractivity contribution in [3.8, 4) is 0 Å². The van der Waals surface area contributed by atoms with Gasteiger partial charge >= 0.3 is 0 Å². The van der Waals surface area contributed by atoms with E-state index >= 15 is 0 Å². The Morgan fingerprint density at radius 3 is 2.72 bits per heavy atom. The molecule has 5 nitrogen and oxygen atoms in total. The summed E-state index contributed by atoms with van der Waals surface area (Å²) in [6.45, 7) is 2.75. The minimum atomic E-state index is -3.45. The Kier molecular flexibility index (Phi) is 3.61. The normalized spacial score (nSPS) is 21.3. The van der Waals surface area contributed by atoms with Gasteiger partial charge in [0, 0.05) is 25.9 Å². The summed E-state index contributed by atoms with van der Waals surface area (Å²) in [5.41, 5.74) is 7.14. The SMILES string of the molecule is COC1CCN(S(=O)(=O)c2ccc(C)c(N)c2)C1. The smallest absolute Gasteiger partial charge is 0.243 e. The van der Waals surface area contributed by atoms with Crippen molar-refractivity contribution in [1.82, 2.24) is 4.31 Å². The second-order valence-electron chi connectivity index (χ2n) is 4.53. The maximum atomic E-state index is 12.4. The Morgan fingerprint density at radius 2 is 2.17 bits per heavy atom. The van der Waals surface area contributed by atoms with Crippen LogP contribution in [-0.2, 0) is 14.8 Å². The van der Waals surface area contributed by atoms with Gasteiger partial charge in [-0.3, -0.25) is 0 Å². The number of aryl methyl sites for hydroxylation is 1. The topological polar surface area (TPSA) is 72.6 Å². The molecule has 0 aliphatic carbocycles. The summed E-state index contributed by atoms with van der Waals surface area (Å²) < 4.78 is 31.4. The maximum Gasteiger partial charge on any atom is 0.243 e. The lowest BCUT2D eigenvalue weighted by Gasteiger charge is -2.16. The van der Waals surface area contributed by atoms with Crippen LogP contribution >= 0.6 is 0 Å². The number of nitrogens with zero attached hydrogens (tertiary/aromatic N) is 1. The molecule has 0 amide bonds. The lowest BCUT2D eigenvalue weighted by Crippen LogP contribution is -2.30. The molecular weight excluding hydrogens is 252 g/mol. The standard InChI is InChI=1S/C12H18N2O3S/c1-9-3-4-11(7-12(9)13)18(15,16)14-6-5-10(8-14)17-2/h3-4,7,10H,5-6,8,13H2,1-2H3. The number of benzene rings is 1. The average molecular weight is 270 g/mol. The minimum Gasteiger partial charge on any atom is -0.398 e. The number of nitrogens with two attached hydrogens (primary N) is 1. The van der Waals surface area contributed by atoms with E-state index in [4.69, 9.17) is 10.5 Å². The molecule has 1 unspecified atom stereocenters. The summed E-state index contributed by atoms with van der Waals surface area (Å²) >= 11 is 0. The van der Waals surface area contributed by atoms with Gasteiger partial charge in [-0.25, -0.2) is 8.42 Å². The van der Waals surface area contributed by atoms with E-state index in [2.05, 4.69) is 0 Å². The van der Waals surface area contributed by atoms with Crippen LogP contribution in [0.2, 0.25) is 0 Å². The van der Waals surface area contributed by atoms with E-state index in [9.17, 15) is 8.42 Å². The van der Waals surface area contributed by atoms with Gasteiger partial charge in [-0.05, 0) is 31.0 Å². The van der Waals surface area contributed by atoms with E-state index in [1.807, 2.05) is 6.92 Å². The molecular formula is C12H18N2O3S. The van der Waals surface area contributed by atoms with E-state index in [0.717, 1.165) is 12.0 Å². The van der Waals surface area contributed by atoms with Crippen molar-refractivity contribution in [3.05, 3.63) is 23.8 Å². The minimum absolute atomic E-state index is 0.0115. The summed E-state index contributed by atoms with van der Waals surface area (Å²) in [5.74, 6) is 0. The van der Waals surface area contributed by atoms with Crippen LogP contribution < -0.4 is 5.73 Å². The molecule has 1 aliphatic heterocycles. The Hall–Kier alpha value is -1.11. The first-order valence-electron chi connectivity index (χ1n) is 5.84. The highest BCUT2D eigenvalue weighted by atomic mass is 32.2. The van der Waals surface area contributed by atoms with Crippen LogP contribution in [0.25, 0.3) is 0 Å². The summed E-state index contributed by atoms with van der Waals surface area (Å²) in [6.07, 6.45) is 0.722. The molecule has 0 radical (unpaired) electrons. The quantitative estimate of drug-likeness (QED) is 0.831. The second-order valence-corrected chi connectivity index (χ2v) is 6.47. The lowest BCUT2D eigenvalue weighted by atomic mass is 10.2. The first kappa shape index (κ1) is 13.3. The molecule has 1 atom stereocenters. The number of ether oxygens (including phenoxy) is 1. The van der Waals surface area contributed by atoms with E-state index < -0.39 is 10.0 Å². The number of anilines is 1. The zero-order chi connectivity index (χ0) is 13.3. The predicted octanol–water partition coefficient (Wildman–Crippen LogP) is 0.987. The van der Waals surface area contributed by atoms with Gasteiger partial charge in [-0.2, -0.15) is 4.31 Å². The van der Waals surface area contributed by atoms with Crippen molar-refractivity contribution in [2.45, 2.75) is 24.3 Å². The molecule has 1 aliphatic rings. The Morgan fingerprint density at radius 1 is 1.44 bits per heavy atom. The first-order chi connectivity index (χ1) is 8.45. The fraction of sp³-hybridized carbons (Fsp3) is 0.500. The van der Waals surface area contributed by atoms with Crippen molar-refractivity contribution >= 4 is 15.7 Å². The van der Waals surface area contributed by atoms with Crippen LogP contribution in [0.15, 0.2) is 23.1 Å². The molecule has 0 aromatic heterocycles. The van der Waals surface area contributed by atoms with Gasteiger partial charge in [0.15, 0.2) is 0 Å². The van der Waals surface area contributed by atoms with Gasteiger partial charge < -0.3 is 10.5 Å². The Balaban J connectivity index is 2.28.